The molecule has 1 saturated heterocycles. The lowest BCUT2D eigenvalue weighted by Crippen LogP contribution is -2.41. The Balaban J connectivity index is 1.70. The molecule has 2 aliphatic rings. The predicted octanol–water partition coefficient (Wildman–Crippen LogP) is 6.32. The number of nitrogens with one attached hydrogen (secondary N) is 1. The van der Waals surface area contributed by atoms with E-state index in [2.05, 4.69) is 16.9 Å². The molecule has 1 aromatic carbocycles. The SMILES string of the molecule is C=CCSCC1CC(F)(F)CN1CC1=C(CC)[C@H](c2ccc(F)cc2Cl)N=C(c2nccs2)N1. The Labute approximate surface area is 211 Å². The van der Waals surface area contributed by atoms with Crippen LogP contribution in [-0.4, -0.2) is 52.3 Å². The van der Waals surface area contributed by atoms with Crippen LogP contribution in [0.3, 0.4) is 0 Å². The first-order chi connectivity index (χ1) is 16.3. The lowest BCUT2D eigenvalue weighted by Gasteiger charge is -2.32. The van der Waals surface area contributed by atoms with Gasteiger partial charge in [0.15, 0.2) is 10.8 Å². The number of hydrogen-bond donors (Lipinski definition) is 1. The van der Waals surface area contributed by atoms with Crippen LogP contribution < -0.4 is 5.32 Å². The minimum atomic E-state index is -2.73. The fourth-order valence-corrected chi connectivity index (χ4v) is 6.17. The van der Waals surface area contributed by atoms with Crippen molar-refractivity contribution >= 4 is 40.5 Å². The van der Waals surface area contributed by atoms with Crippen molar-refractivity contribution in [1.29, 1.82) is 0 Å². The summed E-state index contributed by atoms with van der Waals surface area (Å²) in [4.78, 5) is 11.1. The number of hydrogen-bond acceptors (Lipinski definition) is 6. The summed E-state index contributed by atoms with van der Waals surface area (Å²) >= 11 is 9.46. The molecule has 0 aliphatic carbocycles. The summed E-state index contributed by atoms with van der Waals surface area (Å²) in [6.07, 6.45) is 3.95. The number of halogens is 4. The van der Waals surface area contributed by atoms with Crippen molar-refractivity contribution in [3.05, 3.63) is 75.1 Å². The standard InChI is InChI=1S/C24H26ClF3N4S2/c1-3-8-33-13-16-11-24(27,28)14-32(16)12-20-17(4-2)21(18-6-5-15(26)10-19(18)25)31-22(30-20)23-29-7-9-34-23/h3,5-7,9-10,16,21H,1,4,8,11-14H2,2H3,(H,30,31)/t16?,21-/m1/s1. The zero-order valence-corrected chi connectivity index (χ0v) is 21.1. The van der Waals surface area contributed by atoms with Gasteiger partial charge in [-0.15, -0.1) is 17.9 Å². The zero-order chi connectivity index (χ0) is 24.3. The summed E-state index contributed by atoms with van der Waals surface area (Å²) in [6, 6.07) is 3.58. The lowest BCUT2D eigenvalue weighted by molar-refractivity contribution is 0.0127. The van der Waals surface area contributed by atoms with Crippen LogP contribution in [0.2, 0.25) is 5.02 Å². The van der Waals surface area contributed by atoms with Crippen LogP contribution in [0.4, 0.5) is 13.2 Å². The number of thiazole rings is 1. The Morgan fingerprint density at radius 2 is 2.24 bits per heavy atom. The molecule has 1 aromatic heterocycles. The quantitative estimate of drug-likeness (QED) is 0.306. The van der Waals surface area contributed by atoms with Gasteiger partial charge in [0.25, 0.3) is 5.92 Å². The minimum absolute atomic E-state index is 0.160. The van der Waals surface area contributed by atoms with E-state index in [1.165, 1.54) is 23.5 Å². The maximum atomic E-state index is 14.4. The van der Waals surface area contributed by atoms with E-state index in [0.29, 0.717) is 35.1 Å². The summed E-state index contributed by atoms with van der Waals surface area (Å²) in [5.41, 5.74) is 2.45. The second-order valence-corrected chi connectivity index (χ2v) is 10.7. The van der Waals surface area contributed by atoms with Gasteiger partial charge in [-0.3, -0.25) is 9.89 Å². The average molecular weight is 527 g/mol. The van der Waals surface area contributed by atoms with Gasteiger partial charge in [0, 0.05) is 52.8 Å². The Kier molecular flexibility index (Phi) is 8.07. The molecule has 3 heterocycles. The number of benzene rings is 1. The van der Waals surface area contributed by atoms with E-state index in [9.17, 15) is 13.2 Å². The monoisotopic (exact) mass is 526 g/mol. The van der Waals surface area contributed by atoms with E-state index >= 15 is 0 Å². The summed E-state index contributed by atoms with van der Waals surface area (Å²) in [6.45, 7) is 5.76. The van der Waals surface area contributed by atoms with Crippen molar-refractivity contribution in [2.45, 2.75) is 37.8 Å². The summed E-state index contributed by atoms with van der Waals surface area (Å²) < 4.78 is 42.6. The molecule has 182 valence electrons. The molecule has 2 aromatic rings. The van der Waals surface area contributed by atoms with Crippen molar-refractivity contribution in [2.75, 3.05) is 24.6 Å². The van der Waals surface area contributed by atoms with Crippen molar-refractivity contribution in [3.63, 3.8) is 0 Å². The first-order valence-corrected chi connectivity index (χ1v) is 13.4. The molecule has 1 N–H and O–H groups in total. The van der Waals surface area contributed by atoms with Gasteiger partial charge in [-0.05, 0) is 29.7 Å². The Morgan fingerprint density at radius 1 is 1.41 bits per heavy atom. The van der Waals surface area contributed by atoms with Gasteiger partial charge >= 0.3 is 0 Å². The molecule has 0 radical (unpaired) electrons. The van der Waals surface area contributed by atoms with Gasteiger partial charge in [0.1, 0.15) is 11.9 Å². The second-order valence-electron chi connectivity index (χ2n) is 8.31. The van der Waals surface area contributed by atoms with Crippen LogP contribution in [0.15, 0.2) is 58.7 Å². The van der Waals surface area contributed by atoms with E-state index in [4.69, 9.17) is 16.6 Å². The molecule has 4 nitrogen and oxygen atoms in total. The maximum absolute atomic E-state index is 14.4. The van der Waals surface area contributed by atoms with Crippen molar-refractivity contribution in [2.24, 2.45) is 4.99 Å². The van der Waals surface area contributed by atoms with E-state index in [-0.39, 0.29) is 24.0 Å². The highest BCUT2D eigenvalue weighted by atomic mass is 35.5. The molecule has 4 rings (SSSR count). The summed E-state index contributed by atoms with van der Waals surface area (Å²) in [5.74, 6) is -1.25. The molecule has 10 heteroatoms. The number of amidine groups is 1. The molecule has 1 unspecified atom stereocenters. The second kappa shape index (κ2) is 10.8. The van der Waals surface area contributed by atoms with E-state index in [1.807, 2.05) is 17.2 Å². The van der Waals surface area contributed by atoms with Crippen LogP contribution in [0.25, 0.3) is 0 Å². The number of aromatic nitrogens is 1. The van der Waals surface area contributed by atoms with Crippen molar-refractivity contribution in [1.82, 2.24) is 15.2 Å². The van der Waals surface area contributed by atoms with Crippen LogP contribution in [0.5, 0.6) is 0 Å². The molecule has 0 spiro atoms. The molecule has 0 bridgehead atoms. The highest BCUT2D eigenvalue weighted by molar-refractivity contribution is 7.99. The Hall–Kier alpha value is -1.81. The number of likely N-dealkylation sites (tertiary alicyclic amines) is 1. The van der Waals surface area contributed by atoms with E-state index in [0.717, 1.165) is 17.0 Å². The van der Waals surface area contributed by atoms with E-state index in [1.54, 1.807) is 30.1 Å². The van der Waals surface area contributed by atoms with E-state index < -0.39 is 17.8 Å². The van der Waals surface area contributed by atoms with Gasteiger partial charge in [0.2, 0.25) is 0 Å². The highest BCUT2D eigenvalue weighted by Crippen LogP contribution is 2.39. The third kappa shape index (κ3) is 5.70. The van der Waals surface area contributed by atoms with Gasteiger partial charge in [-0.2, -0.15) is 11.8 Å². The highest BCUT2D eigenvalue weighted by Gasteiger charge is 2.45. The molecule has 34 heavy (non-hydrogen) atoms. The van der Waals surface area contributed by atoms with Crippen molar-refractivity contribution < 1.29 is 13.2 Å². The smallest absolute Gasteiger partial charge is 0.262 e. The Morgan fingerprint density at radius 3 is 2.91 bits per heavy atom. The molecular weight excluding hydrogens is 501 g/mol. The number of thioether (sulfide) groups is 1. The fraction of sp³-hybridized carbons (Fsp3) is 0.417. The van der Waals surface area contributed by atoms with Crippen molar-refractivity contribution in [3.8, 4) is 0 Å². The fourth-order valence-electron chi connectivity index (χ4n) is 4.41. The van der Waals surface area contributed by atoms with Crippen LogP contribution in [0.1, 0.15) is 36.4 Å². The lowest BCUT2D eigenvalue weighted by atomic mass is 9.93. The predicted molar refractivity (Wildman–Crippen MR) is 136 cm³/mol. The zero-order valence-electron chi connectivity index (χ0n) is 18.7. The normalized spacial score (nSPS) is 22.6. The van der Waals surface area contributed by atoms with Crippen LogP contribution in [-0.2, 0) is 0 Å². The largest absolute Gasteiger partial charge is 0.340 e. The van der Waals surface area contributed by atoms with Gasteiger partial charge in [-0.25, -0.2) is 18.2 Å². The van der Waals surface area contributed by atoms with Crippen LogP contribution in [0, 0.1) is 5.82 Å². The molecule has 1 fully saturated rings. The molecule has 2 aliphatic heterocycles. The Bertz CT molecular complexity index is 1090. The first kappa shape index (κ1) is 25.3. The maximum Gasteiger partial charge on any atom is 0.262 e. The molecule has 2 atom stereocenters. The minimum Gasteiger partial charge on any atom is -0.340 e. The molecular formula is C24H26ClF3N4S2. The van der Waals surface area contributed by atoms with Gasteiger partial charge in [-0.1, -0.05) is 30.7 Å². The van der Waals surface area contributed by atoms with Crippen LogP contribution >= 0.6 is 34.7 Å². The number of nitrogens with zero attached hydrogens (tertiary/aromatic N) is 3. The number of aliphatic imine (C=N–C) groups is 1. The third-order valence-electron chi connectivity index (χ3n) is 5.91. The average Bonchev–Trinajstić information content (AvgIpc) is 3.41. The number of alkyl halides is 2. The summed E-state index contributed by atoms with van der Waals surface area (Å²) in [7, 11) is 0. The number of rotatable bonds is 9. The van der Waals surface area contributed by atoms with Gasteiger partial charge in [0.05, 0.1) is 6.54 Å². The topological polar surface area (TPSA) is 40.5 Å². The molecule has 0 amide bonds. The first-order valence-electron chi connectivity index (χ1n) is 11.0. The third-order valence-corrected chi connectivity index (χ3v) is 8.11. The summed E-state index contributed by atoms with van der Waals surface area (Å²) in [5, 5.41) is 6.21. The molecule has 0 saturated carbocycles. The van der Waals surface area contributed by atoms with Gasteiger partial charge < -0.3 is 5.32 Å².